The maximum absolute atomic E-state index is 12.7. The van der Waals surface area contributed by atoms with Crippen LogP contribution in [0, 0.1) is 0 Å². The van der Waals surface area contributed by atoms with Gasteiger partial charge in [-0.2, -0.15) is 0 Å². The number of carbonyl (C=O) groups is 1. The Hall–Kier alpha value is -2.74. The first-order chi connectivity index (χ1) is 11.8. The van der Waals surface area contributed by atoms with E-state index in [0.717, 1.165) is 10.6 Å². The topological polar surface area (TPSA) is 84.9 Å². The number of nitrogens with one attached hydrogen (secondary N) is 1. The van der Waals surface area contributed by atoms with Crippen LogP contribution in [0.25, 0.3) is 0 Å². The van der Waals surface area contributed by atoms with Gasteiger partial charge in [0.15, 0.2) is 11.5 Å². The van der Waals surface area contributed by atoms with Crippen LogP contribution in [0.2, 0.25) is 0 Å². The van der Waals surface area contributed by atoms with Gasteiger partial charge in [0, 0.05) is 18.8 Å². The third kappa shape index (κ3) is 4.21. The van der Waals surface area contributed by atoms with Crippen molar-refractivity contribution in [3.05, 3.63) is 48.0 Å². The molecule has 0 aliphatic heterocycles. The van der Waals surface area contributed by atoms with Gasteiger partial charge in [-0.1, -0.05) is 18.2 Å². The van der Waals surface area contributed by atoms with Gasteiger partial charge in [-0.05, 0) is 18.2 Å². The van der Waals surface area contributed by atoms with Gasteiger partial charge in [-0.25, -0.2) is 8.42 Å². The predicted molar refractivity (Wildman–Crippen MR) is 97.2 cm³/mol. The normalized spacial score (nSPS) is 10.9. The van der Waals surface area contributed by atoms with Crippen molar-refractivity contribution in [1.82, 2.24) is 0 Å². The number of nitrogens with zero attached hydrogens (tertiary/aromatic N) is 1. The SMILES string of the molecule is COc1cc(C(=O)Nc2ccccc2)c(N(C)S(C)(=O)=O)cc1OC. The number of hydrogen-bond acceptors (Lipinski definition) is 5. The van der Waals surface area contributed by atoms with Crippen molar-refractivity contribution in [2.45, 2.75) is 0 Å². The monoisotopic (exact) mass is 364 g/mol. The highest BCUT2D eigenvalue weighted by molar-refractivity contribution is 7.92. The molecule has 1 N–H and O–H groups in total. The van der Waals surface area contributed by atoms with Crippen LogP contribution in [0.1, 0.15) is 10.4 Å². The van der Waals surface area contributed by atoms with Crippen molar-refractivity contribution in [2.75, 3.05) is 37.1 Å². The minimum atomic E-state index is -3.57. The fraction of sp³-hybridized carbons (Fsp3) is 0.235. The van der Waals surface area contributed by atoms with Gasteiger partial charge in [0.1, 0.15) is 0 Å². The molecule has 0 atom stereocenters. The molecule has 2 aromatic rings. The van der Waals surface area contributed by atoms with E-state index in [2.05, 4.69) is 5.32 Å². The molecule has 0 unspecified atom stereocenters. The third-order valence-electron chi connectivity index (χ3n) is 3.61. The van der Waals surface area contributed by atoms with Crippen LogP contribution < -0.4 is 19.1 Å². The highest BCUT2D eigenvalue weighted by Gasteiger charge is 2.23. The standard InChI is InChI=1S/C17H20N2O5S/c1-19(25(4,21)22)14-11-16(24-3)15(23-2)10-13(14)17(20)18-12-8-6-5-7-9-12/h5-11H,1-4H3,(H,18,20). The van der Waals surface area contributed by atoms with Crippen LogP contribution in [-0.2, 0) is 10.0 Å². The number of ether oxygens (including phenoxy) is 2. The molecule has 0 radical (unpaired) electrons. The summed E-state index contributed by atoms with van der Waals surface area (Å²) in [4.78, 5) is 12.7. The maximum atomic E-state index is 12.7. The molecule has 7 nitrogen and oxygen atoms in total. The molecule has 0 heterocycles. The van der Waals surface area contributed by atoms with E-state index in [1.807, 2.05) is 6.07 Å². The van der Waals surface area contributed by atoms with Gasteiger partial charge in [0.25, 0.3) is 5.91 Å². The average molecular weight is 364 g/mol. The molecule has 134 valence electrons. The van der Waals surface area contributed by atoms with Gasteiger partial charge < -0.3 is 14.8 Å². The van der Waals surface area contributed by atoms with Crippen LogP contribution in [0.15, 0.2) is 42.5 Å². The zero-order valence-electron chi connectivity index (χ0n) is 14.4. The molecule has 0 spiro atoms. The third-order valence-corrected chi connectivity index (χ3v) is 4.81. The predicted octanol–water partition coefficient (Wildman–Crippen LogP) is 2.35. The summed E-state index contributed by atoms with van der Waals surface area (Å²) in [6.45, 7) is 0. The Kier molecular flexibility index (Phi) is 5.53. The van der Waals surface area contributed by atoms with E-state index < -0.39 is 15.9 Å². The maximum Gasteiger partial charge on any atom is 0.257 e. The van der Waals surface area contributed by atoms with E-state index in [9.17, 15) is 13.2 Å². The largest absolute Gasteiger partial charge is 0.493 e. The minimum absolute atomic E-state index is 0.148. The summed E-state index contributed by atoms with van der Waals surface area (Å²) < 4.78 is 35.3. The molecule has 8 heteroatoms. The second kappa shape index (κ2) is 7.43. The van der Waals surface area contributed by atoms with Gasteiger partial charge in [-0.15, -0.1) is 0 Å². The lowest BCUT2D eigenvalue weighted by Crippen LogP contribution is -2.28. The number of sulfonamides is 1. The van der Waals surface area contributed by atoms with E-state index in [4.69, 9.17) is 9.47 Å². The van der Waals surface area contributed by atoms with Gasteiger partial charge in [-0.3, -0.25) is 9.10 Å². The highest BCUT2D eigenvalue weighted by atomic mass is 32.2. The Bertz CT molecular complexity index is 866. The molecule has 1 amide bonds. The second-order valence-electron chi connectivity index (χ2n) is 5.27. The molecule has 0 saturated heterocycles. The number of para-hydroxylation sites is 1. The second-order valence-corrected chi connectivity index (χ2v) is 7.29. The summed E-state index contributed by atoms with van der Waals surface area (Å²) >= 11 is 0. The fourth-order valence-corrected chi connectivity index (χ4v) is 2.72. The number of amides is 1. The summed E-state index contributed by atoms with van der Waals surface area (Å²) in [7, 11) is 0.676. The smallest absolute Gasteiger partial charge is 0.257 e. The first-order valence-electron chi connectivity index (χ1n) is 7.34. The first kappa shape index (κ1) is 18.6. The summed E-state index contributed by atoms with van der Waals surface area (Å²) in [5.41, 5.74) is 0.929. The summed E-state index contributed by atoms with van der Waals surface area (Å²) in [6.07, 6.45) is 1.06. The lowest BCUT2D eigenvalue weighted by Gasteiger charge is -2.22. The molecule has 0 bridgehead atoms. The molecule has 2 aromatic carbocycles. The summed E-state index contributed by atoms with van der Waals surface area (Å²) in [5.74, 6) is 0.188. The van der Waals surface area contributed by atoms with Crippen molar-refractivity contribution in [3.8, 4) is 11.5 Å². The molecule has 0 fully saturated rings. The quantitative estimate of drug-likeness (QED) is 0.850. The zero-order valence-corrected chi connectivity index (χ0v) is 15.3. The Labute approximate surface area is 147 Å². The first-order valence-corrected chi connectivity index (χ1v) is 9.19. The van der Waals surface area contributed by atoms with Crippen molar-refractivity contribution >= 4 is 27.3 Å². The minimum Gasteiger partial charge on any atom is -0.493 e. The summed E-state index contributed by atoms with van der Waals surface area (Å²) in [5, 5.41) is 2.74. The average Bonchev–Trinajstić information content (AvgIpc) is 2.59. The Balaban J connectivity index is 2.55. The molecule has 0 aliphatic carbocycles. The number of anilines is 2. The molecule has 0 aromatic heterocycles. The van der Waals surface area contributed by atoms with Gasteiger partial charge >= 0.3 is 0 Å². The van der Waals surface area contributed by atoms with Crippen molar-refractivity contribution in [1.29, 1.82) is 0 Å². The van der Waals surface area contributed by atoms with Crippen molar-refractivity contribution < 1.29 is 22.7 Å². The molecular weight excluding hydrogens is 344 g/mol. The fourth-order valence-electron chi connectivity index (χ4n) is 2.21. The Morgan fingerprint density at radius 1 is 1.04 bits per heavy atom. The number of rotatable bonds is 6. The molecule has 25 heavy (non-hydrogen) atoms. The van der Waals surface area contributed by atoms with Gasteiger partial charge in [0.2, 0.25) is 10.0 Å². The number of carbonyl (C=O) groups excluding carboxylic acids is 1. The van der Waals surface area contributed by atoms with Crippen LogP contribution in [0.5, 0.6) is 11.5 Å². The zero-order chi connectivity index (χ0) is 18.6. The van der Waals surface area contributed by atoms with Crippen LogP contribution in [0.3, 0.4) is 0 Å². The molecule has 2 rings (SSSR count). The molecule has 0 aliphatic rings. The lowest BCUT2D eigenvalue weighted by atomic mass is 10.1. The van der Waals surface area contributed by atoms with Gasteiger partial charge in [0.05, 0.1) is 31.7 Å². The van der Waals surface area contributed by atoms with E-state index in [1.54, 1.807) is 24.3 Å². The highest BCUT2D eigenvalue weighted by Crippen LogP contribution is 2.36. The van der Waals surface area contributed by atoms with Crippen molar-refractivity contribution in [2.24, 2.45) is 0 Å². The Morgan fingerprint density at radius 2 is 1.60 bits per heavy atom. The molecule has 0 saturated carbocycles. The molecular formula is C17H20N2O5S. The lowest BCUT2D eigenvalue weighted by molar-refractivity contribution is 0.102. The Morgan fingerprint density at radius 3 is 2.12 bits per heavy atom. The van der Waals surface area contributed by atoms with Crippen molar-refractivity contribution in [3.63, 3.8) is 0 Å². The van der Waals surface area contributed by atoms with Crippen LogP contribution >= 0.6 is 0 Å². The summed E-state index contributed by atoms with van der Waals surface area (Å²) in [6, 6.07) is 11.8. The van der Waals surface area contributed by atoms with E-state index in [-0.39, 0.29) is 11.3 Å². The number of methoxy groups -OCH3 is 2. The number of hydrogen-bond donors (Lipinski definition) is 1. The van der Waals surface area contributed by atoms with E-state index in [1.165, 1.54) is 33.4 Å². The van der Waals surface area contributed by atoms with Crippen LogP contribution in [-0.4, -0.2) is 41.8 Å². The van der Waals surface area contributed by atoms with E-state index in [0.29, 0.717) is 17.2 Å². The van der Waals surface area contributed by atoms with Crippen LogP contribution in [0.4, 0.5) is 11.4 Å². The number of benzene rings is 2. The van der Waals surface area contributed by atoms with E-state index >= 15 is 0 Å².